The van der Waals surface area contributed by atoms with Crippen molar-refractivity contribution in [3.63, 3.8) is 0 Å². The monoisotopic (exact) mass is 378 g/mol. The molecule has 0 heterocycles. The number of carbonyl (C=O) groups is 2. The molecule has 0 aliphatic heterocycles. The number of carbonyl (C=O) groups excluding carboxylic acids is 2. The van der Waals surface area contributed by atoms with Crippen LogP contribution in [0.5, 0.6) is 11.5 Å². The van der Waals surface area contributed by atoms with Crippen molar-refractivity contribution in [2.45, 2.75) is 71.9 Å². The van der Waals surface area contributed by atoms with Crippen molar-refractivity contribution in [2.24, 2.45) is 0 Å². The molecule has 2 amide bonds. The smallest absolute Gasteiger partial charge is 0.218 e. The number of amides is 2. The molecule has 27 heavy (non-hydrogen) atoms. The molecule has 0 aromatic heterocycles. The summed E-state index contributed by atoms with van der Waals surface area (Å²) in [6.07, 6.45) is 8.01. The van der Waals surface area contributed by atoms with Crippen molar-refractivity contribution in [3.05, 3.63) is 23.8 Å². The van der Waals surface area contributed by atoms with Gasteiger partial charge in [-0.2, -0.15) is 0 Å². The van der Waals surface area contributed by atoms with Gasteiger partial charge in [-0.3, -0.25) is 9.59 Å². The topological polar surface area (TPSA) is 76.7 Å². The lowest BCUT2D eigenvalue weighted by Gasteiger charge is -2.20. The Kier molecular flexibility index (Phi) is 11.0. The summed E-state index contributed by atoms with van der Waals surface area (Å²) >= 11 is 0. The molecule has 2 N–H and O–H groups in total. The highest BCUT2D eigenvalue weighted by Gasteiger charge is 2.16. The zero-order chi connectivity index (χ0) is 20.1. The quantitative estimate of drug-likeness (QED) is 0.400. The number of benzene rings is 1. The average Bonchev–Trinajstić information content (AvgIpc) is 2.62. The fourth-order valence-electron chi connectivity index (χ4n) is 2.83. The van der Waals surface area contributed by atoms with E-state index in [4.69, 9.17) is 9.47 Å². The molecule has 0 saturated carbocycles. The second-order valence-electron chi connectivity index (χ2n) is 6.71. The maximum absolute atomic E-state index is 11.4. The average molecular weight is 379 g/mol. The Morgan fingerprint density at radius 1 is 0.926 bits per heavy atom. The SMILES string of the molecule is CCCCCCCCCOc1ccc(C(NC(C)=O)NC(C)=O)cc1OC. The van der Waals surface area contributed by atoms with Gasteiger partial charge in [-0.25, -0.2) is 0 Å². The predicted molar refractivity (Wildman–Crippen MR) is 107 cm³/mol. The molecular weight excluding hydrogens is 344 g/mol. The Morgan fingerprint density at radius 3 is 2.07 bits per heavy atom. The summed E-state index contributed by atoms with van der Waals surface area (Å²) in [4.78, 5) is 22.8. The van der Waals surface area contributed by atoms with Gasteiger partial charge in [0.25, 0.3) is 0 Å². The van der Waals surface area contributed by atoms with E-state index >= 15 is 0 Å². The first-order valence-electron chi connectivity index (χ1n) is 9.82. The van der Waals surface area contributed by atoms with Gasteiger partial charge in [0.05, 0.1) is 13.7 Å². The van der Waals surface area contributed by atoms with Crippen LogP contribution < -0.4 is 20.1 Å². The Morgan fingerprint density at radius 2 is 1.52 bits per heavy atom. The summed E-state index contributed by atoms with van der Waals surface area (Å²) in [6, 6.07) is 5.40. The van der Waals surface area contributed by atoms with E-state index in [-0.39, 0.29) is 11.8 Å². The lowest BCUT2D eigenvalue weighted by Crippen LogP contribution is -2.39. The first kappa shape index (κ1) is 22.8. The molecule has 0 spiro atoms. The first-order chi connectivity index (χ1) is 13.0. The molecule has 6 nitrogen and oxygen atoms in total. The Bertz CT molecular complexity index is 574. The van der Waals surface area contributed by atoms with Gasteiger partial charge in [0, 0.05) is 13.8 Å². The molecule has 1 rings (SSSR count). The molecule has 0 saturated heterocycles. The van der Waals surface area contributed by atoms with Crippen LogP contribution in [-0.2, 0) is 9.59 Å². The van der Waals surface area contributed by atoms with E-state index in [2.05, 4.69) is 17.6 Å². The molecule has 0 bridgehead atoms. The lowest BCUT2D eigenvalue weighted by atomic mass is 10.1. The van der Waals surface area contributed by atoms with Crippen LogP contribution in [0.15, 0.2) is 18.2 Å². The van der Waals surface area contributed by atoms with Gasteiger partial charge in [-0.05, 0) is 24.1 Å². The largest absolute Gasteiger partial charge is 0.493 e. The Balaban J connectivity index is 2.59. The van der Waals surface area contributed by atoms with Gasteiger partial charge in [0.2, 0.25) is 11.8 Å². The van der Waals surface area contributed by atoms with Crippen molar-refractivity contribution < 1.29 is 19.1 Å². The second kappa shape index (κ2) is 13.0. The highest BCUT2D eigenvalue weighted by atomic mass is 16.5. The van der Waals surface area contributed by atoms with E-state index in [9.17, 15) is 9.59 Å². The minimum absolute atomic E-state index is 0.230. The molecular formula is C21H34N2O4. The van der Waals surface area contributed by atoms with Crippen LogP contribution in [0, 0.1) is 0 Å². The second-order valence-corrected chi connectivity index (χ2v) is 6.71. The molecule has 0 aliphatic carbocycles. The van der Waals surface area contributed by atoms with Crippen molar-refractivity contribution in [3.8, 4) is 11.5 Å². The zero-order valence-corrected chi connectivity index (χ0v) is 17.1. The van der Waals surface area contributed by atoms with Crippen LogP contribution in [0.4, 0.5) is 0 Å². The molecule has 6 heteroatoms. The molecule has 152 valence electrons. The van der Waals surface area contributed by atoms with E-state index in [1.165, 1.54) is 46.0 Å². The van der Waals surface area contributed by atoms with Crippen LogP contribution in [0.3, 0.4) is 0 Å². The van der Waals surface area contributed by atoms with E-state index in [1.807, 2.05) is 12.1 Å². The van der Waals surface area contributed by atoms with Gasteiger partial charge in [0.1, 0.15) is 6.17 Å². The third-order valence-electron chi connectivity index (χ3n) is 4.22. The number of rotatable bonds is 13. The summed E-state index contributed by atoms with van der Waals surface area (Å²) in [5.41, 5.74) is 0.723. The van der Waals surface area contributed by atoms with E-state index < -0.39 is 6.17 Å². The Hall–Kier alpha value is -2.24. The van der Waals surface area contributed by atoms with Crippen LogP contribution in [0.25, 0.3) is 0 Å². The van der Waals surface area contributed by atoms with Gasteiger partial charge < -0.3 is 20.1 Å². The number of nitrogens with one attached hydrogen (secondary N) is 2. The van der Waals surface area contributed by atoms with Crippen LogP contribution >= 0.6 is 0 Å². The van der Waals surface area contributed by atoms with Crippen LogP contribution in [-0.4, -0.2) is 25.5 Å². The van der Waals surface area contributed by atoms with Crippen molar-refractivity contribution >= 4 is 11.8 Å². The fourth-order valence-corrected chi connectivity index (χ4v) is 2.83. The molecule has 0 aliphatic rings. The molecule has 0 radical (unpaired) electrons. The van der Waals surface area contributed by atoms with E-state index in [0.29, 0.717) is 18.1 Å². The van der Waals surface area contributed by atoms with Crippen molar-refractivity contribution in [1.29, 1.82) is 0 Å². The molecule has 1 aromatic rings. The standard InChI is InChI=1S/C21H34N2O4/c1-5-6-7-8-9-10-11-14-27-19-13-12-18(15-20(19)26-4)21(22-16(2)24)23-17(3)25/h12-13,15,21H,5-11,14H2,1-4H3,(H,22,24)(H,23,25). The fraction of sp³-hybridized carbons (Fsp3) is 0.619. The summed E-state index contributed by atoms with van der Waals surface area (Å²) in [7, 11) is 1.57. The van der Waals surface area contributed by atoms with Gasteiger partial charge in [-0.1, -0.05) is 51.5 Å². The number of unbranched alkanes of at least 4 members (excludes halogenated alkanes) is 6. The van der Waals surface area contributed by atoms with Crippen molar-refractivity contribution in [2.75, 3.05) is 13.7 Å². The van der Waals surface area contributed by atoms with Crippen molar-refractivity contribution in [1.82, 2.24) is 10.6 Å². The summed E-state index contributed by atoms with van der Waals surface area (Å²) in [5, 5.41) is 5.42. The van der Waals surface area contributed by atoms with Gasteiger partial charge >= 0.3 is 0 Å². The highest BCUT2D eigenvalue weighted by Crippen LogP contribution is 2.30. The van der Waals surface area contributed by atoms with E-state index in [1.54, 1.807) is 13.2 Å². The van der Waals surface area contributed by atoms with E-state index in [0.717, 1.165) is 18.4 Å². The summed E-state index contributed by atoms with van der Waals surface area (Å²) in [6.45, 7) is 5.68. The number of methoxy groups -OCH3 is 1. The third-order valence-corrected chi connectivity index (χ3v) is 4.22. The minimum Gasteiger partial charge on any atom is -0.493 e. The summed E-state index contributed by atoms with van der Waals surface area (Å²) < 4.78 is 11.3. The molecule has 0 unspecified atom stereocenters. The summed E-state index contributed by atoms with van der Waals surface area (Å²) in [5.74, 6) is 0.784. The third kappa shape index (κ3) is 9.31. The molecule has 0 fully saturated rings. The molecule has 0 atom stereocenters. The maximum Gasteiger partial charge on any atom is 0.218 e. The predicted octanol–water partition coefficient (Wildman–Crippen LogP) is 4.10. The lowest BCUT2D eigenvalue weighted by molar-refractivity contribution is -0.122. The number of hydrogen-bond acceptors (Lipinski definition) is 4. The molecule has 1 aromatic carbocycles. The minimum atomic E-state index is -0.605. The van der Waals surface area contributed by atoms with Gasteiger partial charge in [-0.15, -0.1) is 0 Å². The maximum atomic E-state index is 11.4. The highest BCUT2D eigenvalue weighted by molar-refractivity contribution is 5.76. The normalized spacial score (nSPS) is 10.6. The van der Waals surface area contributed by atoms with Crippen LogP contribution in [0.1, 0.15) is 77.4 Å². The number of ether oxygens (including phenoxy) is 2. The first-order valence-corrected chi connectivity index (χ1v) is 9.82. The Labute approximate surface area is 163 Å². The zero-order valence-electron chi connectivity index (χ0n) is 17.1. The van der Waals surface area contributed by atoms with Gasteiger partial charge in [0.15, 0.2) is 11.5 Å². The van der Waals surface area contributed by atoms with Crippen LogP contribution in [0.2, 0.25) is 0 Å². The number of hydrogen-bond donors (Lipinski definition) is 2.